The van der Waals surface area contributed by atoms with E-state index in [1.54, 1.807) is 11.8 Å². The van der Waals surface area contributed by atoms with Gasteiger partial charge in [0, 0.05) is 36.2 Å². The van der Waals surface area contributed by atoms with Crippen molar-refractivity contribution in [3.8, 4) is 0 Å². The maximum absolute atomic E-state index is 12.7. The Balaban J connectivity index is 1.47. The summed E-state index contributed by atoms with van der Waals surface area (Å²) in [7, 11) is 1.43. The number of aryl methyl sites for hydroxylation is 3. The third-order valence-electron chi connectivity index (χ3n) is 8.88. The molecule has 1 saturated carbocycles. The minimum absolute atomic E-state index is 0.0643. The van der Waals surface area contributed by atoms with Gasteiger partial charge in [0.25, 0.3) is 0 Å². The maximum Gasteiger partial charge on any atom is 0.414 e. The van der Waals surface area contributed by atoms with Crippen LogP contribution in [0.25, 0.3) is 11.0 Å². The molecule has 200 valence electrons. The molecule has 0 N–H and O–H groups in total. The number of carbonyl (C=O) groups excluding carboxylic acids is 2. The summed E-state index contributed by atoms with van der Waals surface area (Å²) in [4.78, 5) is 41.8. The van der Waals surface area contributed by atoms with Gasteiger partial charge in [-0.3, -0.25) is 19.7 Å². The van der Waals surface area contributed by atoms with Crippen molar-refractivity contribution in [3.63, 3.8) is 0 Å². The van der Waals surface area contributed by atoms with Gasteiger partial charge in [0.05, 0.1) is 40.9 Å². The average Bonchev–Trinajstić information content (AvgIpc) is 3.30. The van der Waals surface area contributed by atoms with Gasteiger partial charge < -0.3 is 9.30 Å². The van der Waals surface area contributed by atoms with E-state index < -0.39 is 0 Å². The molecular weight excluding hydrogens is 478 g/mol. The van der Waals surface area contributed by atoms with Crippen molar-refractivity contribution < 1.29 is 14.3 Å². The predicted octanol–water partition coefficient (Wildman–Crippen LogP) is 5.52. The van der Waals surface area contributed by atoms with Crippen LogP contribution in [0.3, 0.4) is 0 Å². The SMILES string of the molecule is COC(=O)N1c2ccc3c(nc(Cc4cnc5c(n4)CCCC5)n3[C@@H]3CCC[C@@H](C(C)=O)C3)c2CC[C@@H]1C. The molecular formula is C30H37N5O3. The molecule has 0 bridgehead atoms. The summed E-state index contributed by atoms with van der Waals surface area (Å²) in [5.41, 5.74) is 7.23. The van der Waals surface area contributed by atoms with E-state index in [1.165, 1.54) is 20.0 Å². The van der Waals surface area contributed by atoms with Gasteiger partial charge in [0.15, 0.2) is 0 Å². The van der Waals surface area contributed by atoms with Crippen LogP contribution in [0.1, 0.15) is 93.3 Å². The summed E-state index contributed by atoms with van der Waals surface area (Å²) >= 11 is 0. The molecule has 0 radical (unpaired) electrons. The topological polar surface area (TPSA) is 90.2 Å². The minimum atomic E-state index is -0.335. The standard InChI is InChI=1S/C30H37N5O3/c1-18-11-12-23-26(34(18)30(37)38-3)13-14-27-29(23)33-28(35(27)22-8-6-7-20(15-22)19(2)36)16-21-17-31-24-9-4-5-10-25(24)32-21/h13-14,17-18,20,22H,4-12,15-16H2,1-3H3/t18-,20+,22+/m0/s1. The summed E-state index contributed by atoms with van der Waals surface area (Å²) in [6.07, 6.45) is 12.1. The molecule has 3 aliphatic rings. The summed E-state index contributed by atoms with van der Waals surface area (Å²) in [5.74, 6) is 1.34. The van der Waals surface area contributed by atoms with E-state index in [1.807, 2.05) is 6.20 Å². The lowest BCUT2D eigenvalue weighted by molar-refractivity contribution is -0.122. The highest BCUT2D eigenvalue weighted by Crippen LogP contribution is 2.41. The maximum atomic E-state index is 12.7. The third-order valence-corrected chi connectivity index (χ3v) is 8.88. The largest absolute Gasteiger partial charge is 0.452 e. The molecule has 1 amide bonds. The van der Waals surface area contributed by atoms with Gasteiger partial charge in [0.2, 0.25) is 0 Å². The Kier molecular flexibility index (Phi) is 6.66. The summed E-state index contributed by atoms with van der Waals surface area (Å²) in [6.45, 7) is 3.79. The van der Waals surface area contributed by atoms with Crippen molar-refractivity contribution in [2.75, 3.05) is 12.0 Å². The van der Waals surface area contributed by atoms with Gasteiger partial charge in [-0.15, -0.1) is 0 Å². The smallest absolute Gasteiger partial charge is 0.414 e. The lowest BCUT2D eigenvalue weighted by Gasteiger charge is -2.34. The number of ketones is 1. The number of ether oxygens (including phenoxy) is 1. The number of hydrogen-bond donors (Lipinski definition) is 0. The van der Waals surface area contributed by atoms with E-state index >= 15 is 0 Å². The van der Waals surface area contributed by atoms with Crippen molar-refractivity contribution in [3.05, 3.63) is 46.8 Å². The molecule has 0 saturated heterocycles. The van der Waals surface area contributed by atoms with Gasteiger partial charge in [-0.25, -0.2) is 9.78 Å². The van der Waals surface area contributed by atoms with Crippen molar-refractivity contribution >= 4 is 28.6 Å². The van der Waals surface area contributed by atoms with Crippen LogP contribution in [-0.4, -0.2) is 44.5 Å². The Morgan fingerprint density at radius 3 is 2.63 bits per heavy atom. The van der Waals surface area contributed by atoms with E-state index in [9.17, 15) is 9.59 Å². The molecule has 3 aromatic rings. The number of nitrogens with zero attached hydrogens (tertiary/aromatic N) is 5. The van der Waals surface area contributed by atoms with Gasteiger partial charge >= 0.3 is 6.09 Å². The van der Waals surface area contributed by atoms with Crippen molar-refractivity contribution in [2.45, 2.75) is 96.6 Å². The van der Waals surface area contributed by atoms with Gasteiger partial charge in [-0.1, -0.05) is 6.42 Å². The first-order chi connectivity index (χ1) is 18.4. The molecule has 8 nitrogen and oxygen atoms in total. The highest BCUT2D eigenvalue weighted by molar-refractivity contribution is 5.95. The lowest BCUT2D eigenvalue weighted by Crippen LogP contribution is -2.42. The summed E-state index contributed by atoms with van der Waals surface area (Å²) < 4.78 is 7.51. The quantitative estimate of drug-likeness (QED) is 0.454. The molecule has 3 heterocycles. The highest BCUT2D eigenvalue weighted by Gasteiger charge is 2.34. The first-order valence-electron chi connectivity index (χ1n) is 14.2. The predicted molar refractivity (Wildman–Crippen MR) is 146 cm³/mol. The fraction of sp³-hybridized carbons (Fsp3) is 0.567. The molecule has 2 aromatic heterocycles. The Bertz CT molecular complexity index is 1400. The van der Waals surface area contributed by atoms with Crippen LogP contribution in [-0.2, 0) is 35.2 Å². The fourth-order valence-corrected chi connectivity index (χ4v) is 6.86. The Morgan fingerprint density at radius 1 is 1.03 bits per heavy atom. The zero-order chi connectivity index (χ0) is 26.4. The number of aromatic nitrogens is 4. The van der Waals surface area contributed by atoms with E-state index in [2.05, 4.69) is 23.6 Å². The van der Waals surface area contributed by atoms with Crippen LogP contribution in [0.5, 0.6) is 0 Å². The first-order valence-corrected chi connectivity index (χ1v) is 14.2. The van der Waals surface area contributed by atoms with E-state index in [-0.39, 0.29) is 29.9 Å². The number of Topliss-reactive ketones (excluding diaryl/α,β-unsaturated/α-hetero) is 1. The number of methoxy groups -OCH3 is 1. The molecule has 2 aliphatic carbocycles. The van der Waals surface area contributed by atoms with E-state index in [0.29, 0.717) is 6.42 Å². The van der Waals surface area contributed by atoms with Crippen molar-refractivity contribution in [2.24, 2.45) is 5.92 Å². The van der Waals surface area contributed by atoms with Crippen LogP contribution in [0.2, 0.25) is 0 Å². The number of benzene rings is 1. The van der Waals surface area contributed by atoms with Crippen LogP contribution in [0, 0.1) is 5.92 Å². The number of anilines is 1. The third kappa shape index (κ3) is 4.37. The van der Waals surface area contributed by atoms with Gasteiger partial charge in [-0.2, -0.15) is 0 Å². The Hall–Kier alpha value is -3.29. The molecule has 38 heavy (non-hydrogen) atoms. The number of fused-ring (bicyclic) bond motifs is 4. The normalized spacial score (nSPS) is 23.1. The number of hydrogen-bond acceptors (Lipinski definition) is 6. The van der Waals surface area contributed by atoms with Crippen LogP contribution >= 0.6 is 0 Å². The number of rotatable bonds is 4. The monoisotopic (exact) mass is 515 g/mol. The molecule has 6 rings (SSSR count). The zero-order valence-electron chi connectivity index (χ0n) is 22.7. The van der Waals surface area contributed by atoms with Crippen LogP contribution in [0.4, 0.5) is 10.5 Å². The molecule has 0 spiro atoms. The lowest BCUT2D eigenvalue weighted by atomic mass is 9.83. The second-order valence-electron chi connectivity index (χ2n) is 11.3. The molecule has 0 unspecified atom stereocenters. The fourth-order valence-electron chi connectivity index (χ4n) is 6.86. The van der Waals surface area contributed by atoms with Crippen LogP contribution in [0.15, 0.2) is 18.3 Å². The number of imidazole rings is 1. The van der Waals surface area contributed by atoms with Crippen molar-refractivity contribution in [1.29, 1.82) is 0 Å². The molecule has 1 aromatic carbocycles. The van der Waals surface area contributed by atoms with Crippen LogP contribution < -0.4 is 4.90 Å². The summed E-state index contributed by atoms with van der Waals surface area (Å²) in [5, 5.41) is 0. The van der Waals surface area contributed by atoms with Crippen molar-refractivity contribution in [1.82, 2.24) is 19.5 Å². The second-order valence-corrected chi connectivity index (χ2v) is 11.3. The molecule has 1 aliphatic heterocycles. The minimum Gasteiger partial charge on any atom is -0.452 e. The number of amides is 1. The second kappa shape index (κ2) is 10.1. The summed E-state index contributed by atoms with van der Waals surface area (Å²) in [6, 6.07) is 4.43. The zero-order valence-corrected chi connectivity index (χ0v) is 22.7. The first kappa shape index (κ1) is 25.0. The Morgan fingerprint density at radius 2 is 1.84 bits per heavy atom. The highest BCUT2D eigenvalue weighted by atomic mass is 16.5. The van der Waals surface area contributed by atoms with E-state index in [4.69, 9.17) is 19.7 Å². The Labute approximate surface area is 223 Å². The molecule has 3 atom stereocenters. The average molecular weight is 516 g/mol. The molecule has 8 heteroatoms. The molecule has 1 fully saturated rings. The van der Waals surface area contributed by atoms with Gasteiger partial charge in [-0.05, 0) is 83.8 Å². The van der Waals surface area contributed by atoms with Gasteiger partial charge in [0.1, 0.15) is 11.6 Å². The van der Waals surface area contributed by atoms with E-state index in [0.717, 1.165) is 96.6 Å². The number of carbonyl (C=O) groups is 2.